The summed E-state index contributed by atoms with van der Waals surface area (Å²) < 4.78 is 5.09. The maximum atomic E-state index is 12.2. The highest BCUT2D eigenvalue weighted by molar-refractivity contribution is 8.00. The van der Waals surface area contributed by atoms with E-state index < -0.39 is 0 Å². The Kier molecular flexibility index (Phi) is 4.33. The number of aromatic nitrogens is 3. The van der Waals surface area contributed by atoms with Gasteiger partial charge >= 0.3 is 0 Å². The van der Waals surface area contributed by atoms with Crippen LogP contribution in [-0.2, 0) is 4.79 Å². The predicted molar refractivity (Wildman–Crippen MR) is 85.3 cm³/mol. The molecule has 0 saturated heterocycles. The lowest BCUT2D eigenvalue weighted by molar-refractivity contribution is -0.115. The number of H-pyrrole nitrogens is 1. The summed E-state index contributed by atoms with van der Waals surface area (Å²) in [6, 6.07) is 7.24. The van der Waals surface area contributed by atoms with Crippen LogP contribution in [0.4, 0.5) is 5.69 Å². The molecule has 0 spiro atoms. The van der Waals surface area contributed by atoms with E-state index >= 15 is 0 Å². The highest BCUT2D eigenvalue weighted by atomic mass is 32.2. The summed E-state index contributed by atoms with van der Waals surface area (Å²) in [5, 5.41) is 10.3. The number of anilines is 1. The van der Waals surface area contributed by atoms with E-state index in [0.29, 0.717) is 11.1 Å². The maximum Gasteiger partial charge on any atom is 0.237 e. The van der Waals surface area contributed by atoms with Gasteiger partial charge < -0.3 is 10.1 Å². The lowest BCUT2D eigenvalue weighted by Crippen LogP contribution is -2.22. The van der Waals surface area contributed by atoms with Gasteiger partial charge in [0.05, 0.1) is 12.4 Å². The lowest BCUT2D eigenvalue weighted by atomic mass is 10.3. The first-order valence-corrected chi connectivity index (χ1v) is 8.07. The van der Waals surface area contributed by atoms with E-state index in [4.69, 9.17) is 4.74 Å². The standard InChI is InChI=1S/C15H18N4O2S/c1-9(22-15-17-13(18-19-15)10-3-4-10)14(20)16-11-5-7-12(21-2)8-6-11/h5-10H,3-4H2,1-2H3,(H,16,20)(H,17,18,19)/t9-/m0/s1. The lowest BCUT2D eigenvalue weighted by Gasteiger charge is -2.10. The molecule has 1 aromatic carbocycles. The molecular formula is C15H18N4O2S. The second-order valence-corrected chi connectivity index (χ2v) is 6.56. The van der Waals surface area contributed by atoms with Crippen molar-refractivity contribution in [3.05, 3.63) is 30.1 Å². The second-order valence-electron chi connectivity index (χ2n) is 5.26. The van der Waals surface area contributed by atoms with Gasteiger partial charge in [0.25, 0.3) is 0 Å². The van der Waals surface area contributed by atoms with Crippen molar-refractivity contribution in [2.45, 2.75) is 36.1 Å². The first kappa shape index (κ1) is 14.9. The van der Waals surface area contributed by atoms with Crippen LogP contribution in [0.1, 0.15) is 31.5 Å². The summed E-state index contributed by atoms with van der Waals surface area (Å²) in [7, 11) is 1.61. The van der Waals surface area contributed by atoms with E-state index in [1.165, 1.54) is 24.6 Å². The van der Waals surface area contributed by atoms with Gasteiger partial charge in [0.15, 0.2) is 0 Å². The Morgan fingerprint density at radius 1 is 1.41 bits per heavy atom. The number of carbonyl (C=O) groups is 1. The summed E-state index contributed by atoms with van der Waals surface area (Å²) >= 11 is 1.35. The molecule has 1 aromatic heterocycles. The van der Waals surface area contributed by atoms with Crippen molar-refractivity contribution in [3.8, 4) is 5.75 Å². The molecule has 0 aliphatic heterocycles. The van der Waals surface area contributed by atoms with Gasteiger partial charge in [-0.05, 0) is 44.0 Å². The Hall–Kier alpha value is -2.02. The minimum absolute atomic E-state index is 0.0760. The molecular weight excluding hydrogens is 300 g/mol. The average Bonchev–Trinajstić information content (AvgIpc) is 3.28. The quantitative estimate of drug-likeness (QED) is 0.801. The largest absolute Gasteiger partial charge is 0.497 e. The molecule has 116 valence electrons. The van der Waals surface area contributed by atoms with E-state index in [-0.39, 0.29) is 11.2 Å². The molecule has 1 atom stereocenters. The highest BCUT2D eigenvalue weighted by Gasteiger charge is 2.27. The SMILES string of the molecule is COc1ccc(NC(=O)[C@H](C)Sc2n[nH]c(C3CC3)n2)cc1. The number of aromatic amines is 1. The number of carbonyl (C=O) groups excluding carboxylic acids is 1. The smallest absolute Gasteiger partial charge is 0.237 e. The molecule has 1 heterocycles. The van der Waals surface area contributed by atoms with Gasteiger partial charge in [0.1, 0.15) is 11.6 Å². The molecule has 1 aliphatic rings. The third-order valence-corrected chi connectivity index (χ3v) is 4.42. The average molecular weight is 318 g/mol. The van der Waals surface area contributed by atoms with Gasteiger partial charge in [-0.2, -0.15) is 0 Å². The number of nitrogens with zero attached hydrogens (tertiary/aromatic N) is 2. The first-order chi connectivity index (χ1) is 10.7. The van der Waals surface area contributed by atoms with E-state index in [1.807, 2.05) is 31.2 Å². The van der Waals surface area contributed by atoms with Crippen LogP contribution < -0.4 is 10.1 Å². The third-order valence-electron chi connectivity index (χ3n) is 3.46. The van der Waals surface area contributed by atoms with Crippen LogP contribution in [0.25, 0.3) is 0 Å². The van der Waals surface area contributed by atoms with Crippen molar-refractivity contribution in [1.29, 1.82) is 0 Å². The topological polar surface area (TPSA) is 79.9 Å². The Morgan fingerprint density at radius 2 is 2.14 bits per heavy atom. The minimum Gasteiger partial charge on any atom is -0.497 e. The zero-order valence-corrected chi connectivity index (χ0v) is 13.3. The molecule has 2 N–H and O–H groups in total. The number of hydrogen-bond acceptors (Lipinski definition) is 5. The summed E-state index contributed by atoms with van der Waals surface area (Å²) in [5.74, 6) is 2.15. The number of hydrogen-bond donors (Lipinski definition) is 2. The molecule has 22 heavy (non-hydrogen) atoms. The Morgan fingerprint density at radius 3 is 2.77 bits per heavy atom. The fraction of sp³-hybridized carbons (Fsp3) is 0.400. The zero-order chi connectivity index (χ0) is 15.5. The molecule has 1 amide bonds. The number of amides is 1. The fourth-order valence-corrected chi connectivity index (χ4v) is 2.71. The van der Waals surface area contributed by atoms with Crippen molar-refractivity contribution < 1.29 is 9.53 Å². The van der Waals surface area contributed by atoms with Crippen LogP contribution in [-0.4, -0.2) is 33.4 Å². The number of nitrogens with one attached hydrogen (secondary N) is 2. The second kappa shape index (κ2) is 6.39. The van der Waals surface area contributed by atoms with Crippen LogP contribution >= 0.6 is 11.8 Å². The predicted octanol–water partition coefficient (Wildman–Crippen LogP) is 2.81. The molecule has 1 fully saturated rings. The van der Waals surface area contributed by atoms with Crippen LogP contribution in [0.3, 0.4) is 0 Å². The molecule has 2 aromatic rings. The maximum absolute atomic E-state index is 12.2. The Bertz CT molecular complexity index is 652. The van der Waals surface area contributed by atoms with Crippen molar-refractivity contribution in [2.75, 3.05) is 12.4 Å². The number of benzene rings is 1. The van der Waals surface area contributed by atoms with E-state index in [2.05, 4.69) is 20.5 Å². The Labute approximate surface area is 133 Å². The van der Waals surface area contributed by atoms with E-state index in [1.54, 1.807) is 7.11 Å². The number of rotatable bonds is 6. The van der Waals surface area contributed by atoms with Gasteiger partial charge in [-0.3, -0.25) is 9.89 Å². The first-order valence-electron chi connectivity index (χ1n) is 7.19. The van der Waals surface area contributed by atoms with Crippen molar-refractivity contribution >= 4 is 23.4 Å². The van der Waals surface area contributed by atoms with Crippen molar-refractivity contribution in [3.63, 3.8) is 0 Å². The van der Waals surface area contributed by atoms with Gasteiger partial charge in [-0.15, -0.1) is 5.10 Å². The van der Waals surface area contributed by atoms with Crippen LogP contribution in [0.5, 0.6) is 5.75 Å². The number of methoxy groups -OCH3 is 1. The summed E-state index contributed by atoms with van der Waals surface area (Å²) in [4.78, 5) is 16.6. The molecule has 0 unspecified atom stereocenters. The fourth-order valence-electron chi connectivity index (χ4n) is 1.98. The van der Waals surface area contributed by atoms with Crippen molar-refractivity contribution in [1.82, 2.24) is 15.2 Å². The zero-order valence-electron chi connectivity index (χ0n) is 12.5. The van der Waals surface area contributed by atoms with Gasteiger partial charge in [-0.25, -0.2) is 4.98 Å². The van der Waals surface area contributed by atoms with Crippen LogP contribution in [0, 0.1) is 0 Å². The molecule has 7 heteroatoms. The van der Waals surface area contributed by atoms with E-state index in [9.17, 15) is 4.79 Å². The molecule has 1 saturated carbocycles. The molecule has 6 nitrogen and oxygen atoms in total. The van der Waals surface area contributed by atoms with Crippen LogP contribution in [0.15, 0.2) is 29.4 Å². The Balaban J connectivity index is 1.55. The summed E-state index contributed by atoms with van der Waals surface area (Å²) in [6.45, 7) is 1.84. The number of ether oxygens (including phenoxy) is 1. The molecule has 3 rings (SSSR count). The van der Waals surface area contributed by atoms with Gasteiger partial charge in [-0.1, -0.05) is 11.8 Å². The van der Waals surface area contributed by atoms with Gasteiger partial charge in [0.2, 0.25) is 11.1 Å². The van der Waals surface area contributed by atoms with Crippen molar-refractivity contribution in [2.24, 2.45) is 0 Å². The summed E-state index contributed by atoms with van der Waals surface area (Å²) in [5.41, 5.74) is 0.743. The normalized spacial score (nSPS) is 15.4. The third kappa shape index (κ3) is 3.59. The van der Waals surface area contributed by atoms with Gasteiger partial charge in [0, 0.05) is 11.6 Å². The highest BCUT2D eigenvalue weighted by Crippen LogP contribution is 2.38. The summed E-state index contributed by atoms with van der Waals surface area (Å²) in [6.07, 6.45) is 2.35. The monoisotopic (exact) mass is 318 g/mol. The molecule has 0 radical (unpaired) electrons. The molecule has 0 bridgehead atoms. The van der Waals surface area contributed by atoms with E-state index in [0.717, 1.165) is 17.3 Å². The minimum atomic E-state index is -0.273. The molecule has 1 aliphatic carbocycles. The number of thioether (sulfide) groups is 1. The van der Waals surface area contributed by atoms with Crippen LogP contribution in [0.2, 0.25) is 0 Å².